The minimum atomic E-state index is -0.709. The summed E-state index contributed by atoms with van der Waals surface area (Å²) < 4.78 is 18.5. The molecule has 7 aromatic rings. The van der Waals surface area contributed by atoms with Gasteiger partial charge < -0.3 is 24.5 Å². The van der Waals surface area contributed by atoms with E-state index in [4.69, 9.17) is 13.9 Å². The van der Waals surface area contributed by atoms with Gasteiger partial charge >= 0.3 is 0 Å². The van der Waals surface area contributed by atoms with Gasteiger partial charge in [0.05, 0.1) is 42.6 Å². The van der Waals surface area contributed by atoms with Crippen molar-refractivity contribution in [3.05, 3.63) is 153 Å². The van der Waals surface area contributed by atoms with Crippen LogP contribution in [-0.4, -0.2) is 52.2 Å². The van der Waals surface area contributed by atoms with Gasteiger partial charge in [-0.2, -0.15) is 5.10 Å². The van der Waals surface area contributed by atoms with Gasteiger partial charge in [-0.1, -0.05) is 36.4 Å². The molecule has 0 saturated carbocycles. The fourth-order valence-electron chi connectivity index (χ4n) is 6.56. The Morgan fingerprint density at radius 3 is 2.33 bits per heavy atom. The number of amides is 2. The lowest BCUT2D eigenvalue weighted by Gasteiger charge is -2.23. The summed E-state index contributed by atoms with van der Waals surface area (Å²) >= 11 is 0. The number of para-hydroxylation sites is 1. The number of hydrogen-bond donors (Lipinski definition) is 2. The molecule has 0 fully saturated rings. The molecular weight excluding hydrogens is 697 g/mol. The largest absolute Gasteiger partial charge is 0.493 e. The van der Waals surface area contributed by atoms with Crippen LogP contribution < -0.4 is 25.5 Å². The van der Waals surface area contributed by atoms with E-state index >= 15 is 0 Å². The number of rotatable bonds is 13. The van der Waals surface area contributed by atoms with E-state index in [1.807, 2.05) is 61.5 Å². The number of hydrogen-bond acceptors (Lipinski definition) is 9. The predicted molar refractivity (Wildman–Crippen MR) is 212 cm³/mol. The number of aromatic nitrogens is 3. The molecule has 2 N–H and O–H groups in total. The van der Waals surface area contributed by atoms with Crippen molar-refractivity contribution in [3.63, 3.8) is 0 Å². The molecule has 3 aromatic heterocycles. The standard InChI is InChI=1S/C43H40N6O6/c1-27-17-30(23-44-22-27)26-49(25-29-11-14-36-31(18-29)24-45-48(36)2)16-15-28-9-12-32(13-10-28)46-42(51)34-19-39(53-3)40(54-4)20-35(34)47-43(52)41-21-37(50)33-7-5-6-8-38(33)55-41/h5-14,17-24H,15-16,25-26H2,1-4H3,(H,46,51)(H,47,52). The molecule has 12 heteroatoms. The maximum Gasteiger partial charge on any atom is 0.291 e. The van der Waals surface area contributed by atoms with E-state index in [9.17, 15) is 14.4 Å². The van der Waals surface area contributed by atoms with E-state index in [2.05, 4.69) is 49.9 Å². The monoisotopic (exact) mass is 736 g/mol. The maximum atomic E-state index is 13.8. The Kier molecular flexibility index (Phi) is 10.7. The highest BCUT2D eigenvalue weighted by molar-refractivity contribution is 6.12. The summed E-state index contributed by atoms with van der Waals surface area (Å²) in [4.78, 5) is 46.6. The van der Waals surface area contributed by atoms with Gasteiger partial charge in [-0.3, -0.25) is 28.9 Å². The first-order valence-corrected chi connectivity index (χ1v) is 17.7. The van der Waals surface area contributed by atoms with E-state index in [1.54, 1.807) is 24.3 Å². The van der Waals surface area contributed by atoms with Crippen LogP contribution in [0.2, 0.25) is 0 Å². The molecule has 0 bridgehead atoms. The second-order valence-corrected chi connectivity index (χ2v) is 13.3. The lowest BCUT2D eigenvalue weighted by atomic mass is 10.1. The van der Waals surface area contributed by atoms with Crippen LogP contribution in [-0.2, 0) is 26.6 Å². The molecule has 0 aliphatic heterocycles. The molecule has 2 amide bonds. The Bertz CT molecular complexity index is 2580. The average Bonchev–Trinajstić information content (AvgIpc) is 3.56. The number of ether oxygens (including phenoxy) is 2. The first-order valence-electron chi connectivity index (χ1n) is 17.7. The summed E-state index contributed by atoms with van der Waals surface area (Å²) in [5, 5.41) is 11.5. The molecule has 12 nitrogen and oxygen atoms in total. The summed E-state index contributed by atoms with van der Waals surface area (Å²) in [7, 11) is 4.85. The van der Waals surface area contributed by atoms with Crippen LogP contribution in [0.15, 0.2) is 119 Å². The van der Waals surface area contributed by atoms with Gasteiger partial charge in [-0.25, -0.2) is 0 Å². The second-order valence-electron chi connectivity index (χ2n) is 13.3. The van der Waals surface area contributed by atoms with Crippen LogP contribution in [0.4, 0.5) is 11.4 Å². The van der Waals surface area contributed by atoms with Crippen molar-refractivity contribution in [2.75, 3.05) is 31.4 Å². The Morgan fingerprint density at radius 2 is 1.55 bits per heavy atom. The molecule has 4 aromatic carbocycles. The van der Waals surface area contributed by atoms with Crippen molar-refractivity contribution in [2.45, 2.75) is 26.4 Å². The van der Waals surface area contributed by atoms with E-state index in [-0.39, 0.29) is 28.0 Å². The number of methoxy groups -OCH3 is 2. The number of anilines is 2. The highest BCUT2D eigenvalue weighted by Crippen LogP contribution is 2.34. The van der Waals surface area contributed by atoms with Crippen molar-refractivity contribution in [1.82, 2.24) is 19.7 Å². The maximum absolute atomic E-state index is 13.8. The van der Waals surface area contributed by atoms with Gasteiger partial charge in [0.15, 0.2) is 22.7 Å². The number of nitrogens with one attached hydrogen (secondary N) is 2. The first-order chi connectivity index (χ1) is 26.7. The predicted octanol–water partition coefficient (Wildman–Crippen LogP) is 7.15. The number of fused-ring (bicyclic) bond motifs is 2. The Labute approximate surface area is 317 Å². The molecule has 0 radical (unpaired) electrons. The van der Waals surface area contributed by atoms with Crippen molar-refractivity contribution in [2.24, 2.45) is 7.05 Å². The van der Waals surface area contributed by atoms with Gasteiger partial charge in [-0.15, -0.1) is 0 Å². The molecule has 278 valence electrons. The van der Waals surface area contributed by atoms with Gasteiger partial charge in [0.2, 0.25) is 0 Å². The van der Waals surface area contributed by atoms with Crippen LogP contribution in [0.1, 0.15) is 43.2 Å². The number of benzene rings is 4. The normalized spacial score (nSPS) is 11.2. The summed E-state index contributed by atoms with van der Waals surface area (Å²) in [6.07, 6.45) is 6.44. The Balaban J connectivity index is 1.06. The molecule has 0 atom stereocenters. The fraction of sp³-hybridized carbons (Fsp3) is 0.186. The van der Waals surface area contributed by atoms with Gasteiger partial charge in [0.25, 0.3) is 11.8 Å². The number of carbonyl (C=O) groups excluding carboxylic acids is 2. The van der Waals surface area contributed by atoms with E-state index in [0.717, 1.165) is 59.7 Å². The zero-order valence-corrected chi connectivity index (χ0v) is 31.0. The zero-order chi connectivity index (χ0) is 38.5. The second kappa shape index (κ2) is 16.1. The van der Waals surface area contributed by atoms with Crippen LogP contribution in [0, 0.1) is 6.92 Å². The summed E-state index contributed by atoms with van der Waals surface area (Å²) in [6.45, 7) is 4.33. The molecule has 0 aliphatic rings. The van der Waals surface area contributed by atoms with E-state index in [1.165, 1.54) is 31.9 Å². The van der Waals surface area contributed by atoms with Gasteiger partial charge in [0.1, 0.15) is 5.58 Å². The number of pyridine rings is 1. The first kappa shape index (κ1) is 36.6. The summed E-state index contributed by atoms with van der Waals surface area (Å²) in [5.41, 5.74) is 6.38. The number of nitrogens with zero attached hydrogens (tertiary/aromatic N) is 4. The fourth-order valence-corrected chi connectivity index (χ4v) is 6.56. The van der Waals surface area contributed by atoms with Crippen LogP contribution in [0.3, 0.4) is 0 Å². The van der Waals surface area contributed by atoms with Crippen molar-refractivity contribution in [3.8, 4) is 11.5 Å². The molecule has 0 spiro atoms. The highest BCUT2D eigenvalue weighted by Gasteiger charge is 2.21. The van der Waals surface area contributed by atoms with Crippen molar-refractivity contribution < 1.29 is 23.5 Å². The lowest BCUT2D eigenvalue weighted by Crippen LogP contribution is -2.25. The minimum absolute atomic E-state index is 0.115. The third kappa shape index (κ3) is 8.40. The minimum Gasteiger partial charge on any atom is -0.493 e. The number of carbonyl (C=O) groups is 2. The van der Waals surface area contributed by atoms with Crippen molar-refractivity contribution in [1.29, 1.82) is 0 Å². The molecule has 55 heavy (non-hydrogen) atoms. The molecule has 0 saturated heterocycles. The quantitative estimate of drug-likeness (QED) is 0.126. The topological polar surface area (TPSA) is 141 Å². The third-order valence-corrected chi connectivity index (χ3v) is 9.36. The number of aryl methyl sites for hydroxylation is 2. The highest BCUT2D eigenvalue weighted by atomic mass is 16.5. The summed E-state index contributed by atoms with van der Waals surface area (Å²) in [6, 6.07) is 27.0. The Morgan fingerprint density at radius 1 is 0.800 bits per heavy atom. The molecule has 3 heterocycles. The smallest absolute Gasteiger partial charge is 0.291 e. The Hall–Kier alpha value is -6.79. The molecular formula is C43H40N6O6. The lowest BCUT2D eigenvalue weighted by molar-refractivity contribution is 0.0997. The molecule has 0 aliphatic carbocycles. The van der Waals surface area contributed by atoms with Crippen molar-refractivity contribution >= 4 is 45.1 Å². The van der Waals surface area contributed by atoms with Crippen LogP contribution in [0.5, 0.6) is 11.5 Å². The van der Waals surface area contributed by atoms with Crippen LogP contribution >= 0.6 is 0 Å². The van der Waals surface area contributed by atoms with Crippen LogP contribution in [0.25, 0.3) is 21.9 Å². The van der Waals surface area contributed by atoms with E-state index < -0.39 is 11.8 Å². The molecule has 0 unspecified atom stereocenters. The SMILES string of the molecule is COc1cc(NC(=O)c2cc(=O)c3ccccc3o2)c(C(=O)Nc2ccc(CCN(Cc3cncc(C)c3)Cc3ccc4c(cnn4C)c3)cc2)cc1OC. The molecule has 7 rings (SSSR count). The zero-order valence-electron chi connectivity index (χ0n) is 31.0. The average molecular weight is 737 g/mol. The van der Waals surface area contributed by atoms with Gasteiger partial charge in [-0.05, 0) is 78.1 Å². The summed E-state index contributed by atoms with van der Waals surface area (Å²) in [5.74, 6) is -0.816. The van der Waals surface area contributed by atoms with Gasteiger partial charge in [0, 0.05) is 62.3 Å². The van der Waals surface area contributed by atoms with E-state index in [0.29, 0.717) is 22.6 Å². The third-order valence-electron chi connectivity index (χ3n) is 9.36.